The average Bonchev–Trinajstić information content (AvgIpc) is 2.20. The molecule has 0 aliphatic heterocycles. The van der Waals surface area contributed by atoms with E-state index >= 15 is 0 Å². The van der Waals surface area contributed by atoms with Crippen molar-refractivity contribution in [2.45, 2.75) is 0 Å². The molecule has 0 radical (unpaired) electrons. The van der Waals surface area contributed by atoms with Gasteiger partial charge in [0.2, 0.25) is 0 Å². The molecule has 1 heterocycles. The standard InChI is InChI=1S/C10H5BrClFN2/c11-10-5-14-9(4-15-10)7-2-1-6(12)3-8(7)13/h1-5H. The van der Waals surface area contributed by atoms with Crippen LogP contribution >= 0.6 is 27.5 Å². The smallest absolute Gasteiger partial charge is 0.134 e. The highest BCUT2D eigenvalue weighted by Gasteiger charge is 2.06. The van der Waals surface area contributed by atoms with Crippen LogP contribution in [0.1, 0.15) is 0 Å². The lowest BCUT2D eigenvalue weighted by atomic mass is 10.1. The molecule has 5 heteroatoms. The van der Waals surface area contributed by atoms with Gasteiger partial charge in [0.25, 0.3) is 0 Å². The van der Waals surface area contributed by atoms with Crippen molar-refractivity contribution in [2.24, 2.45) is 0 Å². The van der Waals surface area contributed by atoms with Gasteiger partial charge in [-0.25, -0.2) is 9.37 Å². The molecule has 0 atom stereocenters. The summed E-state index contributed by atoms with van der Waals surface area (Å²) in [4.78, 5) is 8.02. The fourth-order valence-corrected chi connectivity index (χ4v) is 1.51. The van der Waals surface area contributed by atoms with E-state index < -0.39 is 5.82 Å². The molecule has 0 bridgehead atoms. The second-order valence-electron chi connectivity index (χ2n) is 2.85. The lowest BCUT2D eigenvalue weighted by Gasteiger charge is -2.02. The highest BCUT2D eigenvalue weighted by atomic mass is 79.9. The second-order valence-corrected chi connectivity index (χ2v) is 4.10. The number of benzene rings is 1. The number of rotatable bonds is 1. The van der Waals surface area contributed by atoms with E-state index in [2.05, 4.69) is 25.9 Å². The summed E-state index contributed by atoms with van der Waals surface area (Å²) in [5.41, 5.74) is 0.867. The maximum Gasteiger partial charge on any atom is 0.134 e. The maximum atomic E-state index is 13.5. The molecule has 1 aromatic heterocycles. The molecule has 0 aliphatic rings. The minimum atomic E-state index is -0.404. The van der Waals surface area contributed by atoms with Crippen LogP contribution in [-0.4, -0.2) is 9.97 Å². The number of nitrogens with zero attached hydrogens (tertiary/aromatic N) is 2. The summed E-state index contributed by atoms with van der Waals surface area (Å²) >= 11 is 8.81. The zero-order chi connectivity index (χ0) is 10.8. The van der Waals surface area contributed by atoms with Crippen molar-refractivity contribution in [1.82, 2.24) is 9.97 Å². The Hall–Kier alpha value is -1.00. The third kappa shape index (κ3) is 2.33. The van der Waals surface area contributed by atoms with Crippen molar-refractivity contribution in [3.63, 3.8) is 0 Å². The predicted molar refractivity (Wildman–Crippen MR) is 60.1 cm³/mol. The third-order valence-electron chi connectivity index (χ3n) is 1.83. The van der Waals surface area contributed by atoms with Crippen LogP contribution in [0.15, 0.2) is 35.2 Å². The highest BCUT2D eigenvalue weighted by molar-refractivity contribution is 9.10. The molecule has 2 aromatic rings. The van der Waals surface area contributed by atoms with Gasteiger partial charge < -0.3 is 0 Å². The number of hydrogen-bond donors (Lipinski definition) is 0. The number of hydrogen-bond acceptors (Lipinski definition) is 2. The van der Waals surface area contributed by atoms with Crippen LogP contribution in [0.4, 0.5) is 4.39 Å². The Kier molecular flexibility index (Phi) is 2.98. The summed E-state index contributed by atoms with van der Waals surface area (Å²) in [6, 6.07) is 4.44. The minimum absolute atomic E-state index is 0.362. The Bertz CT molecular complexity index is 487. The largest absolute Gasteiger partial charge is 0.252 e. The molecule has 0 spiro atoms. The Morgan fingerprint density at radius 1 is 1.20 bits per heavy atom. The number of halogens is 3. The Morgan fingerprint density at radius 3 is 2.60 bits per heavy atom. The number of aromatic nitrogens is 2. The van der Waals surface area contributed by atoms with Crippen LogP contribution in [0, 0.1) is 5.82 Å². The third-order valence-corrected chi connectivity index (χ3v) is 2.47. The van der Waals surface area contributed by atoms with E-state index in [0.29, 0.717) is 20.9 Å². The quantitative estimate of drug-likeness (QED) is 0.799. The van der Waals surface area contributed by atoms with Crippen LogP contribution in [0.3, 0.4) is 0 Å². The molecule has 0 saturated carbocycles. The van der Waals surface area contributed by atoms with E-state index in [1.165, 1.54) is 18.5 Å². The minimum Gasteiger partial charge on any atom is -0.252 e. The van der Waals surface area contributed by atoms with Gasteiger partial charge >= 0.3 is 0 Å². The van der Waals surface area contributed by atoms with Crippen molar-refractivity contribution < 1.29 is 4.39 Å². The van der Waals surface area contributed by atoms with Gasteiger partial charge in [-0.15, -0.1) is 0 Å². The summed E-state index contributed by atoms with van der Waals surface area (Å²) < 4.78 is 14.1. The molecule has 0 unspecified atom stereocenters. The zero-order valence-electron chi connectivity index (χ0n) is 7.42. The lowest BCUT2D eigenvalue weighted by molar-refractivity contribution is 0.630. The van der Waals surface area contributed by atoms with Crippen LogP contribution in [0.5, 0.6) is 0 Å². The summed E-state index contributed by atoms with van der Waals surface area (Å²) in [5, 5.41) is 0.362. The fraction of sp³-hybridized carbons (Fsp3) is 0. The van der Waals surface area contributed by atoms with Gasteiger partial charge in [-0.2, -0.15) is 0 Å². The molecule has 0 fully saturated rings. The van der Waals surface area contributed by atoms with Gasteiger partial charge in [0.15, 0.2) is 0 Å². The molecule has 0 aliphatic carbocycles. The molecule has 0 saturated heterocycles. The zero-order valence-corrected chi connectivity index (χ0v) is 9.76. The van der Waals surface area contributed by atoms with Gasteiger partial charge in [0, 0.05) is 10.6 Å². The van der Waals surface area contributed by atoms with E-state index in [1.54, 1.807) is 12.1 Å². The Balaban J connectivity index is 2.49. The molecule has 76 valence electrons. The van der Waals surface area contributed by atoms with Crippen molar-refractivity contribution in [1.29, 1.82) is 0 Å². The first-order valence-electron chi connectivity index (χ1n) is 4.10. The summed E-state index contributed by atoms with van der Waals surface area (Å²) in [7, 11) is 0. The highest BCUT2D eigenvalue weighted by Crippen LogP contribution is 2.23. The first-order valence-corrected chi connectivity index (χ1v) is 5.27. The van der Waals surface area contributed by atoms with Crippen molar-refractivity contribution >= 4 is 27.5 Å². The monoisotopic (exact) mass is 286 g/mol. The lowest BCUT2D eigenvalue weighted by Crippen LogP contribution is -1.89. The second kappa shape index (κ2) is 4.24. The van der Waals surface area contributed by atoms with Gasteiger partial charge in [0.05, 0.1) is 18.1 Å². The van der Waals surface area contributed by atoms with Crippen molar-refractivity contribution in [3.8, 4) is 11.3 Å². The van der Waals surface area contributed by atoms with Crippen molar-refractivity contribution in [3.05, 3.63) is 46.0 Å². The van der Waals surface area contributed by atoms with E-state index in [1.807, 2.05) is 0 Å². The van der Waals surface area contributed by atoms with Crippen LogP contribution < -0.4 is 0 Å². The van der Waals surface area contributed by atoms with Gasteiger partial charge in [-0.1, -0.05) is 11.6 Å². The normalized spacial score (nSPS) is 10.3. The molecule has 1 aromatic carbocycles. The van der Waals surface area contributed by atoms with Gasteiger partial charge in [-0.3, -0.25) is 4.98 Å². The van der Waals surface area contributed by atoms with E-state index in [4.69, 9.17) is 11.6 Å². The molecule has 2 rings (SSSR count). The first kappa shape index (κ1) is 10.5. The molecule has 0 amide bonds. The molecular formula is C10H5BrClFN2. The SMILES string of the molecule is Fc1cc(Cl)ccc1-c1cnc(Br)cn1. The van der Waals surface area contributed by atoms with Crippen molar-refractivity contribution in [2.75, 3.05) is 0 Å². The van der Waals surface area contributed by atoms with E-state index in [-0.39, 0.29) is 0 Å². The maximum absolute atomic E-state index is 13.5. The van der Waals surface area contributed by atoms with Gasteiger partial charge in [0.1, 0.15) is 10.4 Å². The fourth-order valence-electron chi connectivity index (χ4n) is 1.15. The predicted octanol–water partition coefficient (Wildman–Crippen LogP) is 3.70. The molecule has 2 nitrogen and oxygen atoms in total. The molecule has 15 heavy (non-hydrogen) atoms. The van der Waals surface area contributed by atoms with Crippen LogP contribution in [0.25, 0.3) is 11.3 Å². The van der Waals surface area contributed by atoms with Crippen LogP contribution in [0.2, 0.25) is 5.02 Å². The molecular weight excluding hydrogens is 282 g/mol. The average molecular weight is 288 g/mol. The Morgan fingerprint density at radius 2 is 2.00 bits per heavy atom. The topological polar surface area (TPSA) is 25.8 Å². The van der Waals surface area contributed by atoms with Gasteiger partial charge in [-0.05, 0) is 34.1 Å². The first-order chi connectivity index (χ1) is 7.16. The summed E-state index contributed by atoms with van der Waals surface area (Å²) in [6.45, 7) is 0. The Labute approximate surface area is 99.3 Å². The van der Waals surface area contributed by atoms with Crippen LogP contribution in [-0.2, 0) is 0 Å². The molecule has 0 N–H and O–H groups in total. The summed E-state index contributed by atoms with van der Waals surface area (Å²) in [6.07, 6.45) is 3.01. The van der Waals surface area contributed by atoms with E-state index in [9.17, 15) is 4.39 Å². The summed E-state index contributed by atoms with van der Waals surface area (Å²) in [5.74, 6) is -0.404. The van der Waals surface area contributed by atoms with E-state index in [0.717, 1.165) is 0 Å².